The summed E-state index contributed by atoms with van der Waals surface area (Å²) in [5.41, 5.74) is 0.624. The van der Waals surface area contributed by atoms with E-state index in [-0.39, 0.29) is 0 Å². The molecule has 1 N–H and O–H groups in total. The summed E-state index contributed by atoms with van der Waals surface area (Å²) in [6, 6.07) is 20.6. The molecule has 28 heavy (non-hydrogen) atoms. The van der Waals surface area contributed by atoms with E-state index >= 15 is 0 Å². The van der Waals surface area contributed by atoms with E-state index in [1.807, 2.05) is 54.6 Å². The van der Waals surface area contributed by atoms with E-state index in [9.17, 15) is 5.11 Å². The molecule has 0 spiro atoms. The number of thiophene rings is 1. The molecule has 1 unspecified atom stereocenters. The second-order valence-electron chi connectivity index (χ2n) is 6.49. The van der Waals surface area contributed by atoms with Gasteiger partial charge in [-0.25, -0.2) is 9.97 Å². The van der Waals surface area contributed by atoms with Crippen LogP contribution in [0.25, 0.3) is 21.6 Å². The molecule has 2 aromatic heterocycles. The van der Waals surface area contributed by atoms with E-state index in [0.717, 1.165) is 21.5 Å². The molecule has 138 valence electrons. The molecule has 0 saturated carbocycles. The van der Waals surface area contributed by atoms with E-state index in [2.05, 4.69) is 11.1 Å². The first kappa shape index (κ1) is 18.1. The quantitative estimate of drug-likeness (QED) is 0.558. The maximum absolute atomic E-state index is 11.5. The standard InChI is InChI=1S/C22H17N3O2S/c1-22(26,14-7-9-15(27-2)10-8-14)20-17-5-3-4-6-18(17)24-21(25-20)19-12-11-16(13-23)28-19/h3-12,26H,1-2H3. The zero-order chi connectivity index (χ0) is 19.7. The topological polar surface area (TPSA) is 79.0 Å². The summed E-state index contributed by atoms with van der Waals surface area (Å²) < 4.78 is 5.22. The Labute approximate surface area is 166 Å². The number of rotatable bonds is 4. The lowest BCUT2D eigenvalue weighted by atomic mass is 9.89. The Morgan fingerprint density at radius 3 is 2.46 bits per heavy atom. The second kappa shape index (κ2) is 7.04. The minimum atomic E-state index is -1.33. The highest BCUT2D eigenvalue weighted by atomic mass is 32.1. The molecule has 2 heterocycles. The Kier molecular flexibility index (Phi) is 4.55. The Morgan fingerprint density at radius 2 is 1.79 bits per heavy atom. The fourth-order valence-electron chi connectivity index (χ4n) is 3.13. The number of nitrogens with zero attached hydrogens (tertiary/aromatic N) is 3. The second-order valence-corrected chi connectivity index (χ2v) is 7.57. The lowest BCUT2D eigenvalue weighted by Crippen LogP contribution is -2.25. The third-order valence-electron chi connectivity index (χ3n) is 4.65. The third kappa shape index (κ3) is 3.11. The number of ether oxygens (including phenoxy) is 1. The number of fused-ring (bicyclic) bond motifs is 1. The molecule has 0 fully saturated rings. The highest BCUT2D eigenvalue weighted by molar-refractivity contribution is 7.15. The molecule has 5 nitrogen and oxygen atoms in total. The van der Waals surface area contributed by atoms with Crippen LogP contribution in [0, 0.1) is 11.3 Å². The number of hydrogen-bond acceptors (Lipinski definition) is 6. The smallest absolute Gasteiger partial charge is 0.170 e. The Morgan fingerprint density at radius 1 is 1.04 bits per heavy atom. The molecule has 0 radical (unpaired) electrons. The van der Waals surface area contributed by atoms with Gasteiger partial charge in [-0.3, -0.25) is 0 Å². The van der Waals surface area contributed by atoms with Crippen molar-refractivity contribution in [2.24, 2.45) is 0 Å². The zero-order valence-electron chi connectivity index (χ0n) is 15.4. The average molecular weight is 387 g/mol. The Hall–Kier alpha value is -3.27. The first-order valence-corrected chi connectivity index (χ1v) is 9.49. The fourth-order valence-corrected chi connectivity index (χ4v) is 3.87. The van der Waals surface area contributed by atoms with Crippen molar-refractivity contribution in [2.75, 3.05) is 7.11 Å². The van der Waals surface area contributed by atoms with Crippen LogP contribution in [0.2, 0.25) is 0 Å². The third-order valence-corrected chi connectivity index (χ3v) is 5.64. The summed E-state index contributed by atoms with van der Waals surface area (Å²) in [5, 5.41) is 21.4. The average Bonchev–Trinajstić information content (AvgIpc) is 3.22. The van der Waals surface area contributed by atoms with Gasteiger partial charge in [-0.1, -0.05) is 30.3 Å². The van der Waals surface area contributed by atoms with Crippen LogP contribution >= 0.6 is 11.3 Å². The van der Waals surface area contributed by atoms with Crippen LogP contribution in [-0.2, 0) is 5.60 Å². The largest absolute Gasteiger partial charge is 0.497 e. The maximum Gasteiger partial charge on any atom is 0.170 e. The monoisotopic (exact) mass is 387 g/mol. The Balaban J connectivity index is 1.92. The molecule has 4 aromatic rings. The van der Waals surface area contributed by atoms with Crippen molar-refractivity contribution in [3.05, 3.63) is 76.8 Å². The lowest BCUT2D eigenvalue weighted by molar-refractivity contribution is 0.0991. The van der Waals surface area contributed by atoms with Crippen LogP contribution in [0.4, 0.5) is 0 Å². The summed E-state index contributed by atoms with van der Waals surface area (Å²) in [6.07, 6.45) is 0. The van der Waals surface area contributed by atoms with E-state index in [4.69, 9.17) is 15.0 Å². The molecule has 6 heteroatoms. The maximum atomic E-state index is 11.5. The molecule has 0 aliphatic carbocycles. The van der Waals surface area contributed by atoms with Crippen molar-refractivity contribution in [1.29, 1.82) is 5.26 Å². The minimum Gasteiger partial charge on any atom is -0.497 e. The van der Waals surface area contributed by atoms with Crippen molar-refractivity contribution in [3.8, 4) is 22.5 Å². The van der Waals surface area contributed by atoms with Crippen molar-refractivity contribution in [2.45, 2.75) is 12.5 Å². The van der Waals surface area contributed by atoms with Crippen molar-refractivity contribution in [1.82, 2.24) is 9.97 Å². The van der Waals surface area contributed by atoms with Gasteiger partial charge in [-0.05, 0) is 42.8 Å². The molecule has 0 saturated heterocycles. The summed E-state index contributed by atoms with van der Waals surface area (Å²) in [5.74, 6) is 1.21. The van der Waals surface area contributed by atoms with Crippen molar-refractivity contribution < 1.29 is 9.84 Å². The summed E-state index contributed by atoms with van der Waals surface area (Å²) >= 11 is 1.33. The predicted octanol–water partition coefficient (Wildman–Crippen LogP) is 4.49. The van der Waals surface area contributed by atoms with Gasteiger partial charge in [-0.2, -0.15) is 5.26 Å². The highest BCUT2D eigenvalue weighted by Gasteiger charge is 2.30. The molecule has 0 bridgehead atoms. The van der Waals surface area contributed by atoms with Crippen LogP contribution in [0.5, 0.6) is 5.75 Å². The SMILES string of the molecule is COc1ccc(C(C)(O)c2nc(-c3ccc(C#N)s3)nc3ccccc23)cc1. The molecule has 0 aliphatic heterocycles. The number of aromatic nitrogens is 2. The molecule has 0 amide bonds. The highest BCUT2D eigenvalue weighted by Crippen LogP contribution is 2.35. The summed E-state index contributed by atoms with van der Waals surface area (Å²) in [6.45, 7) is 1.72. The van der Waals surface area contributed by atoms with E-state index in [1.165, 1.54) is 11.3 Å². The van der Waals surface area contributed by atoms with Gasteiger partial charge >= 0.3 is 0 Å². The zero-order valence-corrected chi connectivity index (χ0v) is 16.2. The first-order valence-electron chi connectivity index (χ1n) is 8.67. The first-order chi connectivity index (χ1) is 13.5. The lowest BCUT2D eigenvalue weighted by Gasteiger charge is -2.25. The van der Waals surface area contributed by atoms with Crippen LogP contribution in [0.3, 0.4) is 0 Å². The number of hydrogen-bond donors (Lipinski definition) is 1. The Bertz CT molecular complexity index is 1190. The van der Waals surface area contributed by atoms with Gasteiger partial charge in [0.1, 0.15) is 22.3 Å². The number of aliphatic hydroxyl groups is 1. The molecular weight excluding hydrogens is 370 g/mol. The van der Waals surface area contributed by atoms with Gasteiger partial charge < -0.3 is 9.84 Å². The van der Waals surface area contributed by atoms with Gasteiger partial charge in [0.25, 0.3) is 0 Å². The fraction of sp³-hybridized carbons (Fsp3) is 0.136. The molecular formula is C22H17N3O2S. The van der Waals surface area contributed by atoms with E-state index < -0.39 is 5.60 Å². The van der Waals surface area contributed by atoms with Gasteiger partial charge in [0, 0.05) is 5.39 Å². The van der Waals surface area contributed by atoms with Crippen molar-refractivity contribution >= 4 is 22.2 Å². The number of nitriles is 1. The summed E-state index contributed by atoms with van der Waals surface area (Å²) in [4.78, 5) is 10.7. The van der Waals surface area contributed by atoms with E-state index in [0.29, 0.717) is 22.0 Å². The van der Waals surface area contributed by atoms with Gasteiger partial charge in [-0.15, -0.1) is 11.3 Å². The van der Waals surface area contributed by atoms with Gasteiger partial charge in [0.05, 0.1) is 23.2 Å². The predicted molar refractivity (Wildman–Crippen MR) is 109 cm³/mol. The molecule has 2 aromatic carbocycles. The number of para-hydroxylation sites is 1. The van der Waals surface area contributed by atoms with Crippen LogP contribution < -0.4 is 4.74 Å². The minimum absolute atomic E-state index is 0.494. The van der Waals surface area contributed by atoms with Crippen LogP contribution in [0.15, 0.2) is 60.7 Å². The van der Waals surface area contributed by atoms with Crippen molar-refractivity contribution in [3.63, 3.8) is 0 Å². The molecule has 4 rings (SSSR count). The van der Waals surface area contributed by atoms with Crippen LogP contribution in [-0.4, -0.2) is 22.2 Å². The number of methoxy groups -OCH3 is 1. The molecule has 0 aliphatic rings. The number of benzene rings is 2. The van der Waals surface area contributed by atoms with E-state index in [1.54, 1.807) is 20.1 Å². The normalized spacial score (nSPS) is 13.1. The van der Waals surface area contributed by atoms with Crippen LogP contribution in [0.1, 0.15) is 23.1 Å². The van der Waals surface area contributed by atoms with Gasteiger partial charge in [0.2, 0.25) is 0 Å². The summed E-state index contributed by atoms with van der Waals surface area (Å²) in [7, 11) is 1.61. The molecule has 1 atom stereocenters. The van der Waals surface area contributed by atoms with Gasteiger partial charge in [0.15, 0.2) is 5.82 Å².